The molecule has 1 fully saturated rings. The number of rotatable bonds is 4. The molecule has 0 aliphatic carbocycles. The first-order valence-corrected chi connectivity index (χ1v) is 8.46. The topological polar surface area (TPSA) is 3.24 Å². The molecule has 1 aromatic carbocycles. The van der Waals surface area contributed by atoms with Gasteiger partial charge in [-0.3, -0.25) is 0 Å². The molecule has 0 amide bonds. The molecule has 106 valence electrons. The molecule has 1 atom stereocenters. The van der Waals surface area contributed by atoms with Gasteiger partial charge in [-0.1, -0.05) is 35.7 Å². The number of hydrogen-bond donors (Lipinski definition) is 0. The Hall–Kier alpha value is -0.570. The molecule has 1 aromatic rings. The summed E-state index contributed by atoms with van der Waals surface area (Å²) in [7, 11) is 0. The van der Waals surface area contributed by atoms with E-state index in [0.717, 1.165) is 29.9 Å². The molecule has 1 unspecified atom stereocenters. The quantitative estimate of drug-likeness (QED) is 0.693. The second kappa shape index (κ2) is 7.28. The van der Waals surface area contributed by atoms with Gasteiger partial charge in [-0.2, -0.15) is 0 Å². The number of alkyl halides is 1. The smallest absolute Gasteiger partial charge is 0.123 e. The van der Waals surface area contributed by atoms with Crippen molar-refractivity contribution in [3.8, 4) is 0 Å². The average Bonchev–Trinajstić information content (AvgIpc) is 2.65. The van der Waals surface area contributed by atoms with Crippen molar-refractivity contribution in [3.05, 3.63) is 29.6 Å². The molecular weight excluding hydrogens is 305 g/mol. The Morgan fingerprint density at radius 2 is 2.16 bits per heavy atom. The van der Waals surface area contributed by atoms with Gasteiger partial charge in [0, 0.05) is 24.1 Å². The molecule has 1 heterocycles. The molecule has 0 spiro atoms. The van der Waals surface area contributed by atoms with Crippen molar-refractivity contribution in [2.45, 2.75) is 44.4 Å². The standard InChI is InChI=1S/C16H23BrFN/c1-2-4-13-5-3-9-19(10-8-13)16-7-6-15(18)11-14(16)12-17/h6-7,11,13H,2-5,8-10,12H2,1H3. The first kappa shape index (κ1) is 14.8. The van der Waals surface area contributed by atoms with E-state index < -0.39 is 0 Å². The lowest BCUT2D eigenvalue weighted by Crippen LogP contribution is -2.25. The molecule has 19 heavy (non-hydrogen) atoms. The summed E-state index contributed by atoms with van der Waals surface area (Å²) in [6.07, 6.45) is 6.50. The second-order valence-corrected chi connectivity index (χ2v) is 6.04. The number of anilines is 1. The van der Waals surface area contributed by atoms with E-state index in [1.54, 1.807) is 12.1 Å². The van der Waals surface area contributed by atoms with Crippen molar-refractivity contribution in [1.29, 1.82) is 0 Å². The zero-order valence-electron chi connectivity index (χ0n) is 11.7. The fraction of sp³-hybridized carbons (Fsp3) is 0.625. The van der Waals surface area contributed by atoms with Crippen molar-refractivity contribution in [1.82, 2.24) is 0 Å². The van der Waals surface area contributed by atoms with Gasteiger partial charge in [0.2, 0.25) is 0 Å². The van der Waals surface area contributed by atoms with Crippen LogP contribution in [0.3, 0.4) is 0 Å². The third kappa shape index (κ3) is 3.95. The molecule has 1 aliphatic heterocycles. The van der Waals surface area contributed by atoms with Crippen molar-refractivity contribution in [3.63, 3.8) is 0 Å². The van der Waals surface area contributed by atoms with Crippen LogP contribution < -0.4 is 4.90 Å². The zero-order chi connectivity index (χ0) is 13.7. The van der Waals surface area contributed by atoms with E-state index in [-0.39, 0.29) is 5.82 Å². The summed E-state index contributed by atoms with van der Waals surface area (Å²) in [6, 6.07) is 5.17. The Morgan fingerprint density at radius 3 is 2.89 bits per heavy atom. The summed E-state index contributed by atoms with van der Waals surface area (Å²) in [4.78, 5) is 2.44. The van der Waals surface area contributed by atoms with Gasteiger partial charge in [-0.25, -0.2) is 4.39 Å². The van der Waals surface area contributed by atoms with Crippen LogP contribution in [0.5, 0.6) is 0 Å². The minimum Gasteiger partial charge on any atom is -0.371 e. The summed E-state index contributed by atoms with van der Waals surface area (Å²) >= 11 is 3.47. The minimum absolute atomic E-state index is 0.142. The van der Waals surface area contributed by atoms with Gasteiger partial charge in [-0.05, 0) is 48.9 Å². The van der Waals surface area contributed by atoms with Gasteiger partial charge in [0.05, 0.1) is 0 Å². The Balaban J connectivity index is 2.09. The van der Waals surface area contributed by atoms with Gasteiger partial charge < -0.3 is 4.90 Å². The van der Waals surface area contributed by atoms with Crippen LogP contribution in [0.4, 0.5) is 10.1 Å². The predicted octanol–water partition coefficient (Wildman–Crippen LogP) is 5.13. The summed E-state index contributed by atoms with van der Waals surface area (Å²) in [5, 5.41) is 0.717. The van der Waals surface area contributed by atoms with E-state index in [2.05, 4.69) is 27.8 Å². The van der Waals surface area contributed by atoms with E-state index in [0.29, 0.717) is 0 Å². The fourth-order valence-electron chi connectivity index (χ4n) is 3.07. The third-order valence-corrected chi connectivity index (χ3v) is 4.67. The first-order chi connectivity index (χ1) is 9.24. The SMILES string of the molecule is CCCC1CCCN(c2ccc(F)cc2CBr)CC1. The summed E-state index contributed by atoms with van der Waals surface area (Å²) < 4.78 is 13.3. The van der Waals surface area contributed by atoms with E-state index in [1.165, 1.54) is 37.8 Å². The van der Waals surface area contributed by atoms with Gasteiger partial charge in [0.25, 0.3) is 0 Å². The third-order valence-electron chi connectivity index (χ3n) is 4.07. The van der Waals surface area contributed by atoms with Crippen LogP contribution in [-0.4, -0.2) is 13.1 Å². The fourth-order valence-corrected chi connectivity index (χ4v) is 3.52. The Bertz CT molecular complexity index is 408. The highest BCUT2D eigenvalue weighted by Crippen LogP contribution is 2.29. The van der Waals surface area contributed by atoms with Crippen LogP contribution in [0.1, 0.15) is 44.6 Å². The monoisotopic (exact) mass is 327 g/mol. The Kier molecular flexibility index (Phi) is 5.68. The summed E-state index contributed by atoms with van der Waals surface area (Å²) in [5.74, 6) is 0.736. The lowest BCUT2D eigenvalue weighted by molar-refractivity contribution is 0.435. The molecule has 0 aromatic heterocycles. The molecule has 0 N–H and O–H groups in total. The van der Waals surface area contributed by atoms with Crippen molar-refractivity contribution < 1.29 is 4.39 Å². The normalized spacial score (nSPS) is 20.4. The zero-order valence-corrected chi connectivity index (χ0v) is 13.3. The number of benzene rings is 1. The van der Waals surface area contributed by atoms with Crippen LogP contribution in [0.15, 0.2) is 18.2 Å². The molecule has 1 nitrogen and oxygen atoms in total. The molecule has 3 heteroatoms. The molecule has 1 saturated heterocycles. The van der Waals surface area contributed by atoms with E-state index in [1.807, 2.05) is 6.07 Å². The summed E-state index contributed by atoms with van der Waals surface area (Å²) in [6.45, 7) is 4.48. The maximum Gasteiger partial charge on any atom is 0.123 e. The second-order valence-electron chi connectivity index (χ2n) is 5.48. The highest BCUT2D eigenvalue weighted by Gasteiger charge is 2.18. The highest BCUT2D eigenvalue weighted by molar-refractivity contribution is 9.08. The maximum atomic E-state index is 13.3. The van der Waals surface area contributed by atoms with Crippen molar-refractivity contribution >= 4 is 21.6 Å². The summed E-state index contributed by atoms with van der Waals surface area (Å²) in [5.41, 5.74) is 2.27. The van der Waals surface area contributed by atoms with Gasteiger partial charge in [0.1, 0.15) is 5.82 Å². The van der Waals surface area contributed by atoms with Crippen LogP contribution in [0, 0.1) is 11.7 Å². The van der Waals surface area contributed by atoms with Crippen LogP contribution in [0.2, 0.25) is 0 Å². The van der Waals surface area contributed by atoms with Crippen LogP contribution >= 0.6 is 15.9 Å². The maximum absolute atomic E-state index is 13.3. The number of halogens is 2. The molecular formula is C16H23BrFN. The van der Waals surface area contributed by atoms with Gasteiger partial charge in [0.15, 0.2) is 0 Å². The molecule has 0 saturated carbocycles. The minimum atomic E-state index is -0.142. The molecule has 2 rings (SSSR count). The van der Waals surface area contributed by atoms with E-state index in [4.69, 9.17) is 0 Å². The number of hydrogen-bond acceptors (Lipinski definition) is 1. The average molecular weight is 328 g/mol. The predicted molar refractivity (Wildman–Crippen MR) is 83.5 cm³/mol. The van der Waals surface area contributed by atoms with E-state index in [9.17, 15) is 4.39 Å². The lowest BCUT2D eigenvalue weighted by atomic mass is 9.96. The largest absolute Gasteiger partial charge is 0.371 e. The van der Waals surface area contributed by atoms with Gasteiger partial charge >= 0.3 is 0 Å². The van der Waals surface area contributed by atoms with Crippen LogP contribution in [-0.2, 0) is 5.33 Å². The van der Waals surface area contributed by atoms with Crippen molar-refractivity contribution in [2.75, 3.05) is 18.0 Å². The highest BCUT2D eigenvalue weighted by atomic mass is 79.9. The molecule has 0 bridgehead atoms. The van der Waals surface area contributed by atoms with E-state index >= 15 is 0 Å². The first-order valence-electron chi connectivity index (χ1n) is 7.34. The van der Waals surface area contributed by atoms with Gasteiger partial charge in [-0.15, -0.1) is 0 Å². The lowest BCUT2D eigenvalue weighted by Gasteiger charge is -2.25. The number of nitrogens with zero attached hydrogens (tertiary/aromatic N) is 1. The molecule has 0 radical (unpaired) electrons. The Labute approximate surface area is 124 Å². The van der Waals surface area contributed by atoms with Crippen molar-refractivity contribution in [2.24, 2.45) is 5.92 Å². The molecule has 1 aliphatic rings. The van der Waals surface area contributed by atoms with Crippen LogP contribution in [0.25, 0.3) is 0 Å². The Morgan fingerprint density at radius 1 is 1.32 bits per heavy atom.